The smallest absolute Gasteiger partial charge is 0.257 e. The van der Waals surface area contributed by atoms with Crippen molar-refractivity contribution >= 4 is 34.8 Å². The van der Waals surface area contributed by atoms with Crippen molar-refractivity contribution in [1.82, 2.24) is 4.90 Å². The third-order valence-electron chi connectivity index (χ3n) is 3.74. The van der Waals surface area contributed by atoms with Gasteiger partial charge in [0, 0.05) is 27.8 Å². The summed E-state index contributed by atoms with van der Waals surface area (Å²) < 4.78 is 0. The average molecular weight is 335 g/mol. The van der Waals surface area contributed by atoms with Crippen LogP contribution >= 0.6 is 23.2 Å². The number of rotatable bonds is 3. The molecule has 3 rings (SSSR count). The quantitative estimate of drug-likeness (QED) is 0.859. The van der Waals surface area contributed by atoms with Crippen LogP contribution in [0.1, 0.15) is 35.4 Å². The molecule has 1 heterocycles. The molecule has 0 unspecified atom stereocenters. The van der Waals surface area contributed by atoms with Crippen molar-refractivity contribution in [3.63, 3.8) is 0 Å². The van der Waals surface area contributed by atoms with Gasteiger partial charge < -0.3 is 10.2 Å². The third-order valence-corrected chi connectivity index (χ3v) is 4.31. The minimum absolute atomic E-state index is 0.0206. The highest BCUT2D eigenvalue weighted by Crippen LogP contribution is 2.36. The summed E-state index contributed by atoms with van der Waals surface area (Å²) in [4.78, 5) is 14.6. The molecule has 114 valence electrons. The second-order valence-corrected chi connectivity index (χ2v) is 6.10. The Bertz CT molecular complexity index is 718. The lowest BCUT2D eigenvalue weighted by Crippen LogP contribution is -2.43. The Kier molecular flexibility index (Phi) is 4.27. The van der Waals surface area contributed by atoms with Crippen molar-refractivity contribution in [3.8, 4) is 0 Å². The summed E-state index contributed by atoms with van der Waals surface area (Å²) in [5.74, 6) is 0.0206. The fraction of sp³-hybridized carbons (Fsp3) is 0.235. The fourth-order valence-corrected chi connectivity index (χ4v) is 3.24. The monoisotopic (exact) mass is 334 g/mol. The van der Waals surface area contributed by atoms with Gasteiger partial charge in [-0.25, -0.2) is 0 Å². The van der Waals surface area contributed by atoms with Crippen molar-refractivity contribution in [2.75, 3.05) is 11.9 Å². The number of amides is 1. The van der Waals surface area contributed by atoms with Gasteiger partial charge in [-0.2, -0.15) is 0 Å². The van der Waals surface area contributed by atoms with Crippen LogP contribution < -0.4 is 5.32 Å². The summed E-state index contributed by atoms with van der Waals surface area (Å²) >= 11 is 12.3. The van der Waals surface area contributed by atoms with Gasteiger partial charge in [0.15, 0.2) is 0 Å². The van der Waals surface area contributed by atoms with E-state index >= 15 is 0 Å². The van der Waals surface area contributed by atoms with Crippen LogP contribution in [0, 0.1) is 0 Å². The topological polar surface area (TPSA) is 32.3 Å². The summed E-state index contributed by atoms with van der Waals surface area (Å²) in [5, 5.41) is 4.55. The third kappa shape index (κ3) is 2.67. The Hall–Kier alpha value is -1.71. The minimum Gasteiger partial charge on any atom is -0.361 e. The first kappa shape index (κ1) is 15.2. The van der Waals surface area contributed by atoms with Crippen LogP contribution in [0.15, 0.2) is 42.5 Å². The van der Waals surface area contributed by atoms with Crippen molar-refractivity contribution in [2.24, 2.45) is 0 Å². The van der Waals surface area contributed by atoms with Gasteiger partial charge in [-0.3, -0.25) is 4.79 Å². The average Bonchev–Trinajstić information content (AvgIpc) is 2.50. The predicted octanol–water partition coefficient (Wildman–Crippen LogP) is 4.97. The van der Waals surface area contributed by atoms with E-state index in [4.69, 9.17) is 23.2 Å². The number of para-hydroxylation sites is 1. The molecule has 3 nitrogen and oxygen atoms in total. The zero-order valence-electron chi connectivity index (χ0n) is 12.1. The van der Waals surface area contributed by atoms with Crippen molar-refractivity contribution in [2.45, 2.75) is 19.5 Å². The maximum atomic E-state index is 12.8. The molecule has 0 radical (unpaired) electrons. The molecule has 0 saturated carbocycles. The minimum atomic E-state index is -0.285. The Balaban J connectivity index is 2.07. The van der Waals surface area contributed by atoms with Gasteiger partial charge in [0.05, 0.1) is 5.56 Å². The molecule has 0 fully saturated rings. The van der Waals surface area contributed by atoms with E-state index in [1.807, 2.05) is 42.2 Å². The second kappa shape index (κ2) is 6.19. The highest BCUT2D eigenvalue weighted by Gasteiger charge is 2.33. The Morgan fingerprint density at radius 3 is 2.68 bits per heavy atom. The van der Waals surface area contributed by atoms with Crippen LogP contribution in [0.4, 0.5) is 5.69 Å². The summed E-state index contributed by atoms with van der Waals surface area (Å²) in [7, 11) is 0. The second-order valence-electron chi connectivity index (χ2n) is 5.26. The van der Waals surface area contributed by atoms with Gasteiger partial charge in [-0.1, -0.05) is 48.3 Å². The summed E-state index contributed by atoms with van der Waals surface area (Å²) in [5.41, 5.74) is 2.37. The van der Waals surface area contributed by atoms with Gasteiger partial charge in [0.1, 0.15) is 6.17 Å². The van der Waals surface area contributed by atoms with E-state index < -0.39 is 0 Å². The van der Waals surface area contributed by atoms with E-state index in [1.165, 1.54) is 0 Å². The molecular formula is C17H16Cl2N2O. The highest BCUT2D eigenvalue weighted by molar-refractivity contribution is 6.35. The number of hydrogen-bond acceptors (Lipinski definition) is 2. The zero-order valence-corrected chi connectivity index (χ0v) is 13.7. The first-order valence-electron chi connectivity index (χ1n) is 7.23. The number of hydrogen-bond donors (Lipinski definition) is 1. The molecule has 5 heteroatoms. The van der Waals surface area contributed by atoms with Crippen LogP contribution in [0.2, 0.25) is 10.0 Å². The van der Waals surface area contributed by atoms with Crippen LogP contribution in [-0.4, -0.2) is 17.4 Å². The number of halogens is 2. The summed E-state index contributed by atoms with van der Waals surface area (Å²) in [6, 6.07) is 12.9. The molecule has 22 heavy (non-hydrogen) atoms. The predicted molar refractivity (Wildman–Crippen MR) is 90.6 cm³/mol. The lowest BCUT2D eigenvalue weighted by Gasteiger charge is -2.38. The SMILES string of the molecule is CCCN1C(=O)c2ccccc2N[C@@H]1c1ccc(Cl)cc1Cl. The Labute approximate surface area is 139 Å². The molecule has 0 spiro atoms. The number of carbonyl (C=O) groups is 1. The van der Waals surface area contributed by atoms with E-state index in [0.717, 1.165) is 17.7 Å². The molecule has 2 aromatic carbocycles. The molecule has 2 aromatic rings. The molecule has 1 aliphatic heterocycles. The normalized spacial score (nSPS) is 17.1. The maximum absolute atomic E-state index is 12.8. The molecule has 0 aromatic heterocycles. The van der Waals surface area contributed by atoms with E-state index in [2.05, 4.69) is 5.32 Å². The number of nitrogens with one attached hydrogen (secondary N) is 1. The van der Waals surface area contributed by atoms with E-state index in [0.29, 0.717) is 22.2 Å². The number of anilines is 1. The van der Waals surface area contributed by atoms with Crippen LogP contribution in [0.5, 0.6) is 0 Å². The molecule has 0 saturated heterocycles. The summed E-state index contributed by atoms with van der Waals surface area (Å²) in [6.45, 7) is 2.71. The first-order valence-corrected chi connectivity index (χ1v) is 7.99. The number of benzene rings is 2. The fourth-order valence-electron chi connectivity index (χ4n) is 2.73. The maximum Gasteiger partial charge on any atom is 0.257 e. The lowest BCUT2D eigenvalue weighted by atomic mass is 10.0. The standard InChI is InChI=1S/C17H16Cl2N2O/c1-2-9-21-16(12-8-7-11(18)10-14(12)19)20-15-6-4-3-5-13(15)17(21)22/h3-8,10,16,20H,2,9H2,1H3/t16-/m0/s1. The zero-order chi connectivity index (χ0) is 15.7. The molecule has 0 aliphatic carbocycles. The molecule has 1 aliphatic rings. The van der Waals surface area contributed by atoms with Crippen molar-refractivity contribution < 1.29 is 4.79 Å². The number of fused-ring (bicyclic) bond motifs is 1. The van der Waals surface area contributed by atoms with Gasteiger partial charge >= 0.3 is 0 Å². The number of carbonyl (C=O) groups excluding carboxylic acids is 1. The van der Waals surface area contributed by atoms with Gasteiger partial charge in [0.25, 0.3) is 5.91 Å². The molecule has 1 amide bonds. The summed E-state index contributed by atoms with van der Waals surface area (Å²) in [6.07, 6.45) is 0.587. The molecular weight excluding hydrogens is 319 g/mol. The van der Waals surface area contributed by atoms with E-state index in [1.54, 1.807) is 12.1 Å². The van der Waals surface area contributed by atoms with E-state index in [9.17, 15) is 4.79 Å². The highest BCUT2D eigenvalue weighted by atomic mass is 35.5. The molecule has 1 atom stereocenters. The van der Waals surface area contributed by atoms with Crippen molar-refractivity contribution in [1.29, 1.82) is 0 Å². The van der Waals surface area contributed by atoms with Gasteiger partial charge in [-0.15, -0.1) is 0 Å². The van der Waals surface area contributed by atoms with E-state index in [-0.39, 0.29) is 12.1 Å². The van der Waals surface area contributed by atoms with Gasteiger partial charge in [-0.05, 0) is 30.7 Å². The van der Waals surface area contributed by atoms with Crippen LogP contribution in [-0.2, 0) is 0 Å². The van der Waals surface area contributed by atoms with Crippen LogP contribution in [0.25, 0.3) is 0 Å². The van der Waals surface area contributed by atoms with Gasteiger partial charge in [0.2, 0.25) is 0 Å². The lowest BCUT2D eigenvalue weighted by molar-refractivity contribution is 0.0683. The largest absolute Gasteiger partial charge is 0.361 e. The molecule has 0 bridgehead atoms. The Morgan fingerprint density at radius 2 is 1.95 bits per heavy atom. The first-order chi connectivity index (χ1) is 10.6. The van der Waals surface area contributed by atoms with Crippen molar-refractivity contribution in [3.05, 3.63) is 63.6 Å². The van der Waals surface area contributed by atoms with Crippen LogP contribution in [0.3, 0.4) is 0 Å². The number of nitrogens with zero attached hydrogens (tertiary/aromatic N) is 1. The molecule has 1 N–H and O–H groups in total. The Morgan fingerprint density at radius 1 is 1.18 bits per heavy atom.